The van der Waals surface area contributed by atoms with Crippen molar-refractivity contribution < 1.29 is 24.9 Å². The number of benzene rings is 1. The minimum atomic E-state index is -0.916. The van der Waals surface area contributed by atoms with E-state index in [-0.39, 0.29) is 5.56 Å². The number of carbonyl (C=O) groups excluding carboxylic acids is 2. The Balaban J connectivity index is 2.91. The van der Waals surface area contributed by atoms with Crippen LogP contribution in [0.2, 0.25) is 5.02 Å². The molecular formula is C9H6ClNO5. The number of rotatable bonds is 0. The summed E-state index contributed by atoms with van der Waals surface area (Å²) in [4.78, 5) is 23.8. The number of hydrogen-bond donors (Lipinski definition) is 3. The van der Waals surface area contributed by atoms with Gasteiger partial charge in [0.2, 0.25) is 5.75 Å². The molecule has 0 unspecified atom stereocenters. The molecule has 16 heavy (non-hydrogen) atoms. The van der Waals surface area contributed by atoms with E-state index in [1.165, 1.54) is 7.05 Å². The van der Waals surface area contributed by atoms with Gasteiger partial charge in [-0.3, -0.25) is 14.5 Å². The summed E-state index contributed by atoms with van der Waals surface area (Å²) in [7, 11) is 1.20. The number of phenolic OH excluding ortho intramolecular Hbond substituents is 3. The maximum absolute atomic E-state index is 11.6. The lowest BCUT2D eigenvalue weighted by Crippen LogP contribution is -2.24. The fourth-order valence-corrected chi connectivity index (χ4v) is 1.78. The lowest BCUT2D eigenvalue weighted by atomic mass is 10.1. The third kappa shape index (κ3) is 1.02. The van der Waals surface area contributed by atoms with Gasteiger partial charge in [0, 0.05) is 7.05 Å². The Labute approximate surface area is 94.3 Å². The molecule has 1 aliphatic heterocycles. The Morgan fingerprint density at radius 2 is 1.44 bits per heavy atom. The molecule has 0 aliphatic carbocycles. The molecule has 1 aliphatic rings. The quantitative estimate of drug-likeness (QED) is 0.460. The van der Waals surface area contributed by atoms with Gasteiger partial charge in [0.05, 0.1) is 5.56 Å². The normalized spacial score (nSPS) is 14.5. The molecule has 0 atom stereocenters. The first kappa shape index (κ1) is 10.6. The highest BCUT2D eigenvalue weighted by Gasteiger charge is 2.40. The van der Waals surface area contributed by atoms with Crippen LogP contribution in [0.4, 0.5) is 0 Å². The van der Waals surface area contributed by atoms with Crippen molar-refractivity contribution in [2.75, 3.05) is 7.05 Å². The number of fused-ring (bicyclic) bond motifs is 1. The second kappa shape index (κ2) is 3.02. The monoisotopic (exact) mass is 243 g/mol. The highest BCUT2D eigenvalue weighted by Crippen LogP contribution is 2.48. The SMILES string of the molecule is CN1C(=O)c2c(O)c(O)c(O)c(Cl)c2C1=O. The highest BCUT2D eigenvalue weighted by molar-refractivity contribution is 6.39. The molecule has 1 aromatic rings. The number of phenols is 3. The molecule has 0 spiro atoms. The fourth-order valence-electron chi connectivity index (χ4n) is 1.52. The van der Waals surface area contributed by atoms with Gasteiger partial charge in [-0.05, 0) is 0 Å². The van der Waals surface area contributed by atoms with Crippen LogP contribution in [0.5, 0.6) is 17.2 Å². The van der Waals surface area contributed by atoms with Crippen LogP contribution in [-0.4, -0.2) is 39.1 Å². The molecule has 2 amide bonds. The van der Waals surface area contributed by atoms with Crippen LogP contribution in [0.1, 0.15) is 20.7 Å². The summed E-state index contributed by atoms with van der Waals surface area (Å²) in [6.07, 6.45) is 0. The van der Waals surface area contributed by atoms with Crippen molar-refractivity contribution >= 4 is 23.4 Å². The summed E-state index contributed by atoms with van der Waals surface area (Å²) >= 11 is 5.62. The second-order valence-corrected chi connectivity index (χ2v) is 3.66. The number of aromatic hydroxyl groups is 3. The topological polar surface area (TPSA) is 98.1 Å². The first-order chi connectivity index (χ1) is 7.37. The number of carbonyl (C=O) groups is 2. The molecule has 3 N–H and O–H groups in total. The Morgan fingerprint density at radius 3 is 2.00 bits per heavy atom. The van der Waals surface area contributed by atoms with Gasteiger partial charge in [-0.2, -0.15) is 0 Å². The molecule has 2 rings (SSSR count). The number of nitrogens with zero attached hydrogens (tertiary/aromatic N) is 1. The number of hydrogen-bond acceptors (Lipinski definition) is 5. The third-order valence-electron chi connectivity index (χ3n) is 2.40. The molecule has 84 valence electrons. The molecule has 0 saturated heterocycles. The summed E-state index contributed by atoms with van der Waals surface area (Å²) in [6, 6.07) is 0. The van der Waals surface area contributed by atoms with Crippen LogP contribution < -0.4 is 0 Å². The molecule has 0 radical (unpaired) electrons. The lowest BCUT2D eigenvalue weighted by Gasteiger charge is -2.06. The Bertz CT molecular complexity index is 492. The van der Waals surface area contributed by atoms with Gasteiger partial charge in [0.25, 0.3) is 11.8 Å². The Morgan fingerprint density at radius 1 is 0.938 bits per heavy atom. The molecule has 6 nitrogen and oxygen atoms in total. The maximum Gasteiger partial charge on any atom is 0.265 e. The van der Waals surface area contributed by atoms with E-state index >= 15 is 0 Å². The largest absolute Gasteiger partial charge is 0.504 e. The van der Waals surface area contributed by atoms with Crippen molar-refractivity contribution in [3.05, 3.63) is 16.1 Å². The van der Waals surface area contributed by atoms with E-state index in [1.54, 1.807) is 0 Å². The fraction of sp³-hybridized carbons (Fsp3) is 0.111. The molecule has 0 aromatic heterocycles. The molecule has 0 fully saturated rings. The zero-order valence-corrected chi connectivity index (χ0v) is 8.74. The first-order valence-corrected chi connectivity index (χ1v) is 4.54. The molecule has 1 aromatic carbocycles. The van der Waals surface area contributed by atoms with E-state index in [1.807, 2.05) is 0 Å². The van der Waals surface area contributed by atoms with E-state index in [4.69, 9.17) is 11.6 Å². The van der Waals surface area contributed by atoms with Crippen LogP contribution in [0.3, 0.4) is 0 Å². The van der Waals surface area contributed by atoms with Gasteiger partial charge in [-0.1, -0.05) is 11.6 Å². The minimum Gasteiger partial charge on any atom is -0.504 e. The van der Waals surface area contributed by atoms with Crippen molar-refractivity contribution in [3.63, 3.8) is 0 Å². The number of amides is 2. The van der Waals surface area contributed by atoms with Gasteiger partial charge in [-0.15, -0.1) is 0 Å². The van der Waals surface area contributed by atoms with Crippen LogP contribution in [0, 0.1) is 0 Å². The highest BCUT2D eigenvalue weighted by atomic mass is 35.5. The van der Waals surface area contributed by atoms with Crippen LogP contribution >= 0.6 is 11.6 Å². The maximum atomic E-state index is 11.6. The van der Waals surface area contributed by atoms with E-state index < -0.39 is 39.6 Å². The van der Waals surface area contributed by atoms with E-state index in [0.717, 1.165) is 4.90 Å². The summed E-state index contributed by atoms with van der Waals surface area (Å²) in [6.45, 7) is 0. The zero-order chi connectivity index (χ0) is 12.2. The van der Waals surface area contributed by atoms with Crippen LogP contribution in [0.25, 0.3) is 0 Å². The molecule has 7 heteroatoms. The first-order valence-electron chi connectivity index (χ1n) is 4.16. The summed E-state index contributed by atoms with van der Waals surface area (Å²) in [5.41, 5.74) is -0.699. The Hall–Kier alpha value is -1.95. The van der Waals surface area contributed by atoms with Gasteiger partial charge in [0.1, 0.15) is 10.6 Å². The summed E-state index contributed by atoms with van der Waals surface area (Å²) in [5, 5.41) is 27.6. The predicted octanol–water partition coefficient (Wildman–Crippen LogP) is 0.683. The third-order valence-corrected chi connectivity index (χ3v) is 2.77. The minimum absolute atomic E-state index is 0.304. The van der Waals surface area contributed by atoms with E-state index in [9.17, 15) is 24.9 Å². The molecular weight excluding hydrogens is 238 g/mol. The van der Waals surface area contributed by atoms with Crippen molar-refractivity contribution in [1.82, 2.24) is 4.90 Å². The average Bonchev–Trinajstić information content (AvgIpc) is 2.48. The van der Waals surface area contributed by atoms with Gasteiger partial charge in [-0.25, -0.2) is 0 Å². The van der Waals surface area contributed by atoms with E-state index in [2.05, 4.69) is 0 Å². The molecule has 0 bridgehead atoms. The van der Waals surface area contributed by atoms with E-state index in [0.29, 0.717) is 0 Å². The summed E-state index contributed by atoms with van der Waals surface area (Å²) < 4.78 is 0. The smallest absolute Gasteiger partial charge is 0.265 e. The standard InChI is InChI=1S/C9H6ClNO5/c1-11-8(15)2-3(9(11)16)5(12)7(14)6(13)4(2)10/h12-14H,1H3. The van der Waals surface area contributed by atoms with Gasteiger partial charge >= 0.3 is 0 Å². The Kier molecular flexibility index (Phi) is 1.99. The van der Waals surface area contributed by atoms with Gasteiger partial charge in [0.15, 0.2) is 11.5 Å². The predicted molar refractivity (Wildman–Crippen MR) is 52.9 cm³/mol. The summed E-state index contributed by atoms with van der Waals surface area (Å²) in [5.74, 6) is -4.11. The van der Waals surface area contributed by atoms with Crippen molar-refractivity contribution in [2.45, 2.75) is 0 Å². The number of imide groups is 1. The second-order valence-electron chi connectivity index (χ2n) is 3.28. The molecule has 1 heterocycles. The lowest BCUT2D eigenvalue weighted by molar-refractivity contribution is 0.0692. The number of halogens is 1. The zero-order valence-electron chi connectivity index (χ0n) is 7.98. The molecule has 0 saturated carbocycles. The van der Waals surface area contributed by atoms with Crippen molar-refractivity contribution in [2.24, 2.45) is 0 Å². The van der Waals surface area contributed by atoms with Crippen molar-refractivity contribution in [3.8, 4) is 17.2 Å². The average molecular weight is 244 g/mol. The van der Waals surface area contributed by atoms with Crippen LogP contribution in [-0.2, 0) is 0 Å². The van der Waals surface area contributed by atoms with Gasteiger partial charge < -0.3 is 15.3 Å². The van der Waals surface area contributed by atoms with Crippen LogP contribution in [0.15, 0.2) is 0 Å². The van der Waals surface area contributed by atoms with Crippen molar-refractivity contribution in [1.29, 1.82) is 0 Å².